The average Bonchev–Trinajstić information content (AvgIpc) is 2.25. The van der Waals surface area contributed by atoms with Gasteiger partial charge in [-0.05, 0) is 36.5 Å². The Hall–Kier alpha value is -1.07. The van der Waals surface area contributed by atoms with E-state index in [4.69, 9.17) is 5.73 Å². The first-order valence-electron chi connectivity index (χ1n) is 6.44. The van der Waals surface area contributed by atoms with E-state index >= 15 is 0 Å². The van der Waals surface area contributed by atoms with Crippen molar-refractivity contribution < 1.29 is 8.42 Å². The summed E-state index contributed by atoms with van der Waals surface area (Å²) in [4.78, 5) is 0. The predicted octanol–water partition coefficient (Wildman–Crippen LogP) is 2.69. The molecule has 0 fully saturated rings. The third-order valence-corrected chi connectivity index (χ3v) is 4.34. The number of nitrogen functional groups attached to an aromatic ring is 1. The maximum atomic E-state index is 12.0. The van der Waals surface area contributed by atoms with Gasteiger partial charge in [0.2, 0.25) is 10.0 Å². The first-order valence-corrected chi connectivity index (χ1v) is 8.10. The number of anilines is 1. The predicted molar refractivity (Wildman–Crippen MR) is 80.3 cm³/mol. The number of hydrogen-bond donors (Lipinski definition) is 2. The van der Waals surface area contributed by atoms with Crippen molar-refractivity contribution in [1.82, 2.24) is 4.72 Å². The summed E-state index contributed by atoms with van der Waals surface area (Å²) >= 11 is 0. The third-order valence-electron chi connectivity index (χ3n) is 2.89. The van der Waals surface area contributed by atoms with Crippen LogP contribution in [0.1, 0.15) is 45.7 Å². The van der Waals surface area contributed by atoms with Crippen molar-refractivity contribution in [1.29, 1.82) is 0 Å². The van der Waals surface area contributed by atoms with Gasteiger partial charge in [0, 0.05) is 11.7 Å². The Morgan fingerprint density at radius 3 is 2.47 bits per heavy atom. The minimum atomic E-state index is -3.27. The molecule has 0 saturated heterocycles. The lowest BCUT2D eigenvalue weighted by atomic mass is 9.94. The molecule has 0 amide bonds. The number of rotatable bonds is 5. The van der Waals surface area contributed by atoms with E-state index < -0.39 is 10.0 Å². The van der Waals surface area contributed by atoms with E-state index in [0.29, 0.717) is 12.1 Å². The average molecular weight is 284 g/mol. The zero-order valence-electron chi connectivity index (χ0n) is 12.1. The Bertz CT molecular complexity index is 518. The molecule has 0 saturated carbocycles. The SMILES string of the molecule is CC(NS(=O)(=O)CCC(C)(C)C)c1cccc(N)c1. The van der Waals surface area contributed by atoms with Gasteiger partial charge in [-0.2, -0.15) is 0 Å². The van der Waals surface area contributed by atoms with E-state index in [1.54, 1.807) is 12.1 Å². The molecule has 1 atom stereocenters. The van der Waals surface area contributed by atoms with Crippen LogP contribution in [0.25, 0.3) is 0 Å². The van der Waals surface area contributed by atoms with Crippen LogP contribution in [-0.4, -0.2) is 14.2 Å². The molecule has 0 bridgehead atoms. The molecule has 0 radical (unpaired) electrons. The molecule has 0 aliphatic carbocycles. The summed E-state index contributed by atoms with van der Waals surface area (Å²) in [5, 5.41) is 0. The molecule has 108 valence electrons. The van der Waals surface area contributed by atoms with E-state index in [-0.39, 0.29) is 17.2 Å². The fourth-order valence-corrected chi connectivity index (χ4v) is 3.34. The maximum Gasteiger partial charge on any atom is 0.212 e. The van der Waals surface area contributed by atoms with Crippen molar-refractivity contribution in [3.63, 3.8) is 0 Å². The summed E-state index contributed by atoms with van der Waals surface area (Å²) in [6.45, 7) is 7.92. The standard InChI is InChI=1S/C14H24N2O2S/c1-11(12-6-5-7-13(15)10-12)16-19(17,18)9-8-14(2,3)4/h5-7,10-11,16H,8-9,15H2,1-4H3. The fraction of sp³-hybridized carbons (Fsp3) is 0.571. The van der Waals surface area contributed by atoms with Gasteiger partial charge in [0.05, 0.1) is 5.75 Å². The zero-order valence-corrected chi connectivity index (χ0v) is 12.9. The quantitative estimate of drug-likeness (QED) is 0.817. The Kier molecular flexibility index (Phi) is 4.98. The molecular weight excluding hydrogens is 260 g/mol. The van der Waals surface area contributed by atoms with Gasteiger partial charge in [0.25, 0.3) is 0 Å². The summed E-state index contributed by atoms with van der Waals surface area (Å²) in [5.41, 5.74) is 7.22. The molecule has 0 spiro atoms. The normalized spacial score (nSPS) is 14.3. The molecule has 1 unspecified atom stereocenters. The van der Waals surface area contributed by atoms with Crippen molar-refractivity contribution >= 4 is 15.7 Å². The monoisotopic (exact) mass is 284 g/mol. The highest BCUT2D eigenvalue weighted by Gasteiger charge is 2.19. The van der Waals surface area contributed by atoms with Crippen LogP contribution >= 0.6 is 0 Å². The van der Waals surface area contributed by atoms with Gasteiger partial charge in [0.15, 0.2) is 0 Å². The highest BCUT2D eigenvalue weighted by atomic mass is 32.2. The largest absolute Gasteiger partial charge is 0.399 e. The Labute approximate surface area is 116 Å². The van der Waals surface area contributed by atoms with Crippen LogP contribution in [0.15, 0.2) is 24.3 Å². The first-order chi connectivity index (χ1) is 8.59. The summed E-state index contributed by atoms with van der Waals surface area (Å²) in [7, 11) is -3.27. The number of benzene rings is 1. The van der Waals surface area contributed by atoms with Crippen molar-refractivity contribution in [3.05, 3.63) is 29.8 Å². The van der Waals surface area contributed by atoms with Crippen LogP contribution in [0.3, 0.4) is 0 Å². The minimum absolute atomic E-state index is 0.00909. The fourth-order valence-electron chi connectivity index (χ4n) is 1.67. The van der Waals surface area contributed by atoms with Crippen molar-refractivity contribution in [2.75, 3.05) is 11.5 Å². The highest BCUT2D eigenvalue weighted by molar-refractivity contribution is 7.89. The van der Waals surface area contributed by atoms with E-state index in [1.165, 1.54) is 0 Å². The van der Waals surface area contributed by atoms with Gasteiger partial charge in [0.1, 0.15) is 0 Å². The van der Waals surface area contributed by atoms with E-state index in [0.717, 1.165) is 5.56 Å². The second kappa shape index (κ2) is 5.92. The molecule has 0 heterocycles. The maximum absolute atomic E-state index is 12.0. The van der Waals surface area contributed by atoms with E-state index in [1.807, 2.05) is 39.8 Å². The molecule has 5 heteroatoms. The molecule has 1 rings (SSSR count). The molecule has 4 nitrogen and oxygen atoms in total. The molecule has 1 aromatic rings. The lowest BCUT2D eigenvalue weighted by Gasteiger charge is -2.20. The summed E-state index contributed by atoms with van der Waals surface area (Å²) < 4.78 is 26.7. The van der Waals surface area contributed by atoms with E-state index in [2.05, 4.69) is 4.72 Å². The Morgan fingerprint density at radius 1 is 1.32 bits per heavy atom. The summed E-state index contributed by atoms with van der Waals surface area (Å²) in [6.07, 6.45) is 0.631. The topological polar surface area (TPSA) is 72.2 Å². The van der Waals surface area contributed by atoms with Crippen LogP contribution in [0.2, 0.25) is 0 Å². The lowest BCUT2D eigenvalue weighted by molar-refractivity contribution is 0.396. The van der Waals surface area contributed by atoms with E-state index in [9.17, 15) is 8.42 Å². The van der Waals surface area contributed by atoms with Gasteiger partial charge in [-0.15, -0.1) is 0 Å². The van der Waals surface area contributed by atoms with Crippen molar-refractivity contribution in [2.24, 2.45) is 5.41 Å². The van der Waals surface area contributed by atoms with Crippen LogP contribution in [0.4, 0.5) is 5.69 Å². The second-order valence-electron chi connectivity index (χ2n) is 6.14. The first kappa shape index (κ1) is 16.0. The van der Waals surface area contributed by atoms with Gasteiger partial charge in [-0.3, -0.25) is 0 Å². The Morgan fingerprint density at radius 2 is 1.95 bits per heavy atom. The molecule has 3 N–H and O–H groups in total. The second-order valence-corrected chi connectivity index (χ2v) is 8.01. The highest BCUT2D eigenvalue weighted by Crippen LogP contribution is 2.20. The smallest absolute Gasteiger partial charge is 0.212 e. The molecule has 0 aliphatic rings. The zero-order chi connectivity index (χ0) is 14.7. The number of nitrogens with one attached hydrogen (secondary N) is 1. The molecular formula is C14H24N2O2S. The van der Waals surface area contributed by atoms with Crippen LogP contribution in [-0.2, 0) is 10.0 Å². The van der Waals surface area contributed by atoms with Crippen LogP contribution < -0.4 is 10.5 Å². The van der Waals surface area contributed by atoms with Crippen molar-refractivity contribution in [3.8, 4) is 0 Å². The number of hydrogen-bond acceptors (Lipinski definition) is 3. The van der Waals surface area contributed by atoms with Gasteiger partial charge in [-0.25, -0.2) is 13.1 Å². The number of sulfonamides is 1. The molecule has 1 aromatic carbocycles. The van der Waals surface area contributed by atoms with Gasteiger partial charge in [-0.1, -0.05) is 32.9 Å². The van der Waals surface area contributed by atoms with Gasteiger partial charge >= 0.3 is 0 Å². The molecule has 19 heavy (non-hydrogen) atoms. The molecule has 0 aliphatic heterocycles. The van der Waals surface area contributed by atoms with Crippen LogP contribution in [0, 0.1) is 5.41 Å². The summed E-state index contributed by atoms with van der Waals surface area (Å²) in [5.74, 6) is 0.142. The Balaban J connectivity index is 2.68. The van der Waals surface area contributed by atoms with Crippen molar-refractivity contribution in [2.45, 2.75) is 40.2 Å². The lowest BCUT2D eigenvalue weighted by Crippen LogP contribution is -2.30. The molecule has 0 aromatic heterocycles. The van der Waals surface area contributed by atoms with Gasteiger partial charge < -0.3 is 5.73 Å². The van der Waals surface area contributed by atoms with Crippen LogP contribution in [0.5, 0.6) is 0 Å². The summed E-state index contributed by atoms with van der Waals surface area (Å²) in [6, 6.07) is 6.99. The third kappa shape index (κ3) is 6.07. The number of nitrogens with two attached hydrogens (primary N) is 1. The minimum Gasteiger partial charge on any atom is -0.399 e.